The number of amides is 1. The first-order chi connectivity index (χ1) is 9.54. The van der Waals surface area contributed by atoms with Gasteiger partial charge >= 0.3 is 0 Å². The molecule has 1 aromatic heterocycles. The molecule has 112 valence electrons. The number of rotatable bonds is 7. The Kier molecular flexibility index (Phi) is 6.42. The summed E-state index contributed by atoms with van der Waals surface area (Å²) in [6, 6.07) is 1.44. The maximum Gasteiger partial charge on any atom is 0.257 e. The minimum atomic E-state index is -0.568. The lowest BCUT2D eigenvalue weighted by atomic mass is 10.1. The number of halogens is 1. The summed E-state index contributed by atoms with van der Waals surface area (Å²) >= 11 is 0. The minimum absolute atomic E-state index is 0.0844. The molecule has 0 bridgehead atoms. The van der Waals surface area contributed by atoms with E-state index in [1.807, 2.05) is 13.8 Å². The van der Waals surface area contributed by atoms with Crippen LogP contribution in [0.1, 0.15) is 44.5 Å². The Bertz CT molecular complexity index is 451. The van der Waals surface area contributed by atoms with Crippen LogP contribution in [0.4, 0.5) is 10.2 Å². The zero-order valence-electron chi connectivity index (χ0n) is 12.7. The molecule has 1 atom stereocenters. The molecule has 1 unspecified atom stereocenters. The molecule has 0 aliphatic rings. The fourth-order valence-corrected chi connectivity index (χ4v) is 1.93. The molecular weight excluding hydrogens is 257 g/mol. The molecule has 0 aromatic carbocycles. The van der Waals surface area contributed by atoms with Gasteiger partial charge in [-0.25, -0.2) is 9.37 Å². The number of hydrogen-bond donors (Lipinski definition) is 1. The molecule has 1 aromatic rings. The average Bonchev–Trinajstić information content (AvgIpc) is 2.46. The largest absolute Gasteiger partial charge is 0.368 e. The predicted molar refractivity (Wildman–Crippen MR) is 79.4 cm³/mol. The highest BCUT2D eigenvalue weighted by molar-refractivity contribution is 5.95. The van der Waals surface area contributed by atoms with E-state index in [-0.39, 0.29) is 17.3 Å². The van der Waals surface area contributed by atoms with Gasteiger partial charge < -0.3 is 10.2 Å². The first-order valence-electron chi connectivity index (χ1n) is 7.22. The molecule has 20 heavy (non-hydrogen) atoms. The van der Waals surface area contributed by atoms with Gasteiger partial charge in [0.05, 0.1) is 5.56 Å². The summed E-state index contributed by atoms with van der Waals surface area (Å²) in [5.41, 5.74) is 0.0844. The summed E-state index contributed by atoms with van der Waals surface area (Å²) < 4.78 is 14.3. The Morgan fingerprint density at radius 3 is 2.70 bits per heavy atom. The van der Waals surface area contributed by atoms with Crippen LogP contribution in [0, 0.1) is 11.7 Å². The second kappa shape index (κ2) is 7.82. The number of hydrogen-bond acceptors (Lipinski definition) is 3. The third-order valence-corrected chi connectivity index (χ3v) is 3.36. The maximum absolute atomic E-state index is 14.3. The summed E-state index contributed by atoms with van der Waals surface area (Å²) in [5, 5.41) is 2.82. The smallest absolute Gasteiger partial charge is 0.257 e. The number of carbonyl (C=O) groups is 1. The Balaban J connectivity index is 2.97. The van der Waals surface area contributed by atoms with E-state index in [9.17, 15) is 9.18 Å². The van der Waals surface area contributed by atoms with E-state index >= 15 is 0 Å². The van der Waals surface area contributed by atoms with E-state index in [1.54, 1.807) is 4.90 Å². The van der Waals surface area contributed by atoms with Crippen molar-refractivity contribution in [1.82, 2.24) is 9.88 Å². The van der Waals surface area contributed by atoms with Gasteiger partial charge in [0.15, 0.2) is 11.6 Å². The summed E-state index contributed by atoms with van der Waals surface area (Å²) in [6.07, 6.45) is 2.46. The highest BCUT2D eigenvalue weighted by Gasteiger charge is 2.21. The Hall–Kier alpha value is -1.65. The van der Waals surface area contributed by atoms with Crippen molar-refractivity contribution in [2.24, 2.45) is 5.92 Å². The molecule has 0 aliphatic carbocycles. The fourth-order valence-electron chi connectivity index (χ4n) is 1.93. The molecule has 1 amide bonds. The van der Waals surface area contributed by atoms with Crippen molar-refractivity contribution in [3.05, 3.63) is 23.6 Å². The number of anilines is 1. The summed E-state index contributed by atoms with van der Waals surface area (Å²) in [4.78, 5) is 18.0. The summed E-state index contributed by atoms with van der Waals surface area (Å²) in [5.74, 6) is -0.302. The van der Waals surface area contributed by atoms with Gasteiger partial charge in [-0.1, -0.05) is 20.3 Å². The molecule has 0 spiro atoms. The molecule has 1 N–H and O–H groups in total. The van der Waals surface area contributed by atoms with Gasteiger partial charge in [-0.05, 0) is 25.8 Å². The SMILES string of the molecule is CCNc1nccc(C(=O)N(CC)CC(C)CC)c1F. The van der Waals surface area contributed by atoms with Crippen LogP contribution in [-0.4, -0.2) is 35.4 Å². The second-order valence-electron chi connectivity index (χ2n) is 4.91. The summed E-state index contributed by atoms with van der Waals surface area (Å²) in [7, 11) is 0. The molecule has 0 saturated heterocycles. The normalized spacial score (nSPS) is 12.1. The van der Waals surface area contributed by atoms with Crippen LogP contribution in [0.5, 0.6) is 0 Å². The molecule has 4 nitrogen and oxygen atoms in total. The fraction of sp³-hybridized carbons (Fsp3) is 0.600. The van der Waals surface area contributed by atoms with Crippen molar-refractivity contribution < 1.29 is 9.18 Å². The zero-order valence-corrected chi connectivity index (χ0v) is 12.7. The van der Waals surface area contributed by atoms with E-state index in [0.717, 1.165) is 6.42 Å². The van der Waals surface area contributed by atoms with Gasteiger partial charge in [0.2, 0.25) is 0 Å². The number of aromatic nitrogens is 1. The van der Waals surface area contributed by atoms with Crippen molar-refractivity contribution in [2.75, 3.05) is 25.0 Å². The van der Waals surface area contributed by atoms with Crippen molar-refractivity contribution >= 4 is 11.7 Å². The van der Waals surface area contributed by atoms with Crippen molar-refractivity contribution in [3.8, 4) is 0 Å². The number of nitrogens with zero attached hydrogens (tertiary/aromatic N) is 2. The second-order valence-corrected chi connectivity index (χ2v) is 4.91. The highest BCUT2D eigenvalue weighted by Crippen LogP contribution is 2.17. The van der Waals surface area contributed by atoms with Crippen molar-refractivity contribution in [1.29, 1.82) is 0 Å². The van der Waals surface area contributed by atoms with Gasteiger partial charge in [0.25, 0.3) is 5.91 Å². The lowest BCUT2D eigenvalue weighted by Crippen LogP contribution is -2.35. The molecule has 1 heterocycles. The van der Waals surface area contributed by atoms with E-state index in [2.05, 4.69) is 24.1 Å². The van der Waals surface area contributed by atoms with Gasteiger partial charge in [-0.2, -0.15) is 0 Å². The van der Waals surface area contributed by atoms with Crippen molar-refractivity contribution in [3.63, 3.8) is 0 Å². The highest BCUT2D eigenvalue weighted by atomic mass is 19.1. The first-order valence-corrected chi connectivity index (χ1v) is 7.22. The number of carbonyl (C=O) groups excluding carboxylic acids is 1. The van der Waals surface area contributed by atoms with E-state index in [0.29, 0.717) is 25.6 Å². The molecule has 1 rings (SSSR count). The third kappa shape index (κ3) is 3.92. The molecule has 0 radical (unpaired) electrons. The number of pyridine rings is 1. The Morgan fingerprint density at radius 2 is 2.15 bits per heavy atom. The standard InChI is InChI=1S/C15H24FN3O/c1-5-11(4)10-19(7-3)15(20)12-8-9-18-14(13(12)16)17-6-2/h8-9,11H,5-7,10H2,1-4H3,(H,17,18). The lowest BCUT2D eigenvalue weighted by molar-refractivity contribution is 0.0736. The molecule has 5 heteroatoms. The third-order valence-electron chi connectivity index (χ3n) is 3.36. The maximum atomic E-state index is 14.3. The van der Waals surface area contributed by atoms with E-state index in [4.69, 9.17) is 0 Å². The van der Waals surface area contributed by atoms with Gasteiger partial charge in [-0.15, -0.1) is 0 Å². The Morgan fingerprint density at radius 1 is 1.45 bits per heavy atom. The molecule has 0 aliphatic heterocycles. The van der Waals surface area contributed by atoms with Crippen LogP contribution < -0.4 is 5.32 Å². The summed E-state index contributed by atoms with van der Waals surface area (Å²) in [6.45, 7) is 9.71. The van der Waals surface area contributed by atoms with Gasteiger partial charge in [0, 0.05) is 25.8 Å². The molecule has 0 fully saturated rings. The van der Waals surface area contributed by atoms with Crippen LogP contribution in [0.15, 0.2) is 12.3 Å². The zero-order chi connectivity index (χ0) is 15.1. The quantitative estimate of drug-likeness (QED) is 0.835. The van der Waals surface area contributed by atoms with Crippen LogP contribution in [0.3, 0.4) is 0 Å². The number of nitrogens with one attached hydrogen (secondary N) is 1. The van der Waals surface area contributed by atoms with Gasteiger partial charge in [0.1, 0.15) is 0 Å². The van der Waals surface area contributed by atoms with Crippen LogP contribution in [-0.2, 0) is 0 Å². The monoisotopic (exact) mass is 281 g/mol. The lowest BCUT2D eigenvalue weighted by Gasteiger charge is -2.24. The predicted octanol–water partition coefficient (Wildman–Crippen LogP) is 3.16. The van der Waals surface area contributed by atoms with E-state index < -0.39 is 5.82 Å². The topological polar surface area (TPSA) is 45.2 Å². The van der Waals surface area contributed by atoms with Gasteiger partial charge in [-0.3, -0.25) is 4.79 Å². The van der Waals surface area contributed by atoms with Crippen molar-refractivity contribution in [2.45, 2.75) is 34.1 Å². The molecular formula is C15H24FN3O. The average molecular weight is 281 g/mol. The minimum Gasteiger partial charge on any atom is -0.368 e. The molecule has 0 saturated carbocycles. The Labute approximate surface area is 120 Å². The first kappa shape index (κ1) is 16.4. The van der Waals surface area contributed by atoms with Crippen LogP contribution in [0.25, 0.3) is 0 Å². The van der Waals surface area contributed by atoms with Crippen LogP contribution in [0.2, 0.25) is 0 Å². The van der Waals surface area contributed by atoms with E-state index in [1.165, 1.54) is 12.3 Å². The van der Waals surface area contributed by atoms with Crippen LogP contribution >= 0.6 is 0 Å².